The summed E-state index contributed by atoms with van der Waals surface area (Å²) in [4.78, 5) is 24.2. The molecule has 0 amide bonds. The molecule has 0 fully saturated rings. The van der Waals surface area contributed by atoms with E-state index in [1.165, 1.54) is 4.57 Å². The van der Waals surface area contributed by atoms with Crippen LogP contribution in [0.1, 0.15) is 22.8 Å². The lowest BCUT2D eigenvalue weighted by Crippen LogP contribution is -2.11. The molecule has 1 aromatic heterocycles. The Balaban J connectivity index is 2.12. The first-order chi connectivity index (χ1) is 10.1. The van der Waals surface area contributed by atoms with Crippen molar-refractivity contribution in [2.24, 2.45) is 0 Å². The van der Waals surface area contributed by atoms with E-state index in [0.29, 0.717) is 28.8 Å². The number of halogens is 1. The Hall–Kier alpha value is -2.14. The maximum absolute atomic E-state index is 12.5. The first kappa shape index (κ1) is 13.8. The molecule has 4 nitrogen and oxygen atoms in total. The van der Waals surface area contributed by atoms with Gasteiger partial charge in [-0.3, -0.25) is 9.36 Å². The van der Waals surface area contributed by atoms with Crippen LogP contribution < -0.4 is 5.76 Å². The number of oxazole rings is 1. The Morgan fingerprint density at radius 1 is 1.24 bits per heavy atom. The van der Waals surface area contributed by atoms with Crippen molar-refractivity contribution < 1.29 is 9.21 Å². The molecule has 0 saturated heterocycles. The molecule has 5 heteroatoms. The zero-order valence-electron chi connectivity index (χ0n) is 11.3. The highest BCUT2D eigenvalue weighted by Crippen LogP contribution is 2.22. The van der Waals surface area contributed by atoms with E-state index in [9.17, 15) is 9.59 Å². The molecule has 1 heterocycles. The quantitative estimate of drug-likeness (QED) is 0.681. The minimum absolute atomic E-state index is 0.115. The summed E-state index contributed by atoms with van der Waals surface area (Å²) in [6, 6.07) is 12.3. The molecule has 0 unspecified atom stereocenters. The summed E-state index contributed by atoms with van der Waals surface area (Å²) in [5.41, 5.74) is 2.20. The summed E-state index contributed by atoms with van der Waals surface area (Å²) >= 11 is 3.37. The van der Waals surface area contributed by atoms with Crippen molar-refractivity contribution in [3.05, 3.63) is 68.6 Å². The molecule has 106 valence electrons. The van der Waals surface area contributed by atoms with Gasteiger partial charge in [-0.15, -0.1) is 0 Å². The number of hydrogen-bond donors (Lipinski definition) is 0. The average molecular weight is 346 g/mol. The summed E-state index contributed by atoms with van der Waals surface area (Å²) < 4.78 is 7.46. The van der Waals surface area contributed by atoms with E-state index in [2.05, 4.69) is 15.9 Å². The maximum atomic E-state index is 12.5. The standard InChI is InChI=1S/C16H12BrNO3/c1-2-18-13-8-7-10(9-14(13)21-16(18)20)15(19)11-5-3-4-6-12(11)17/h3-9H,2H2,1H3. The van der Waals surface area contributed by atoms with Crippen LogP contribution in [-0.4, -0.2) is 10.4 Å². The zero-order valence-corrected chi connectivity index (χ0v) is 12.9. The van der Waals surface area contributed by atoms with E-state index in [1.54, 1.807) is 24.3 Å². The number of aryl methyl sites for hydroxylation is 1. The maximum Gasteiger partial charge on any atom is 0.419 e. The second kappa shape index (κ2) is 5.33. The molecule has 2 aromatic carbocycles. The lowest BCUT2D eigenvalue weighted by molar-refractivity contribution is 0.103. The van der Waals surface area contributed by atoms with Crippen molar-refractivity contribution in [2.75, 3.05) is 0 Å². The highest BCUT2D eigenvalue weighted by atomic mass is 79.9. The van der Waals surface area contributed by atoms with Crippen molar-refractivity contribution >= 4 is 32.8 Å². The average Bonchev–Trinajstić information content (AvgIpc) is 2.81. The van der Waals surface area contributed by atoms with Gasteiger partial charge in [0.1, 0.15) is 0 Å². The highest BCUT2D eigenvalue weighted by molar-refractivity contribution is 9.10. The van der Waals surface area contributed by atoms with E-state index in [4.69, 9.17) is 4.42 Å². The molecule has 0 aliphatic rings. The molecular weight excluding hydrogens is 334 g/mol. The summed E-state index contributed by atoms with van der Waals surface area (Å²) in [6.45, 7) is 2.40. The van der Waals surface area contributed by atoms with E-state index in [0.717, 1.165) is 4.47 Å². The number of rotatable bonds is 3. The van der Waals surface area contributed by atoms with Crippen molar-refractivity contribution in [2.45, 2.75) is 13.5 Å². The van der Waals surface area contributed by atoms with Gasteiger partial charge in [0.05, 0.1) is 5.52 Å². The highest BCUT2D eigenvalue weighted by Gasteiger charge is 2.15. The molecule has 0 aliphatic carbocycles. The van der Waals surface area contributed by atoms with Gasteiger partial charge in [-0.05, 0) is 37.3 Å². The van der Waals surface area contributed by atoms with Gasteiger partial charge < -0.3 is 4.42 Å². The van der Waals surface area contributed by atoms with Gasteiger partial charge in [0.2, 0.25) is 0 Å². The number of benzene rings is 2. The molecule has 0 radical (unpaired) electrons. The van der Waals surface area contributed by atoms with Gasteiger partial charge in [0.15, 0.2) is 11.4 Å². The topological polar surface area (TPSA) is 52.2 Å². The fraction of sp³-hybridized carbons (Fsp3) is 0.125. The van der Waals surface area contributed by atoms with Gasteiger partial charge >= 0.3 is 5.76 Å². The van der Waals surface area contributed by atoms with Crippen LogP contribution in [0, 0.1) is 0 Å². The minimum atomic E-state index is -0.405. The summed E-state index contributed by atoms with van der Waals surface area (Å²) in [7, 11) is 0. The van der Waals surface area contributed by atoms with E-state index >= 15 is 0 Å². The summed E-state index contributed by atoms with van der Waals surface area (Å²) in [6.07, 6.45) is 0. The number of nitrogens with zero attached hydrogens (tertiary/aromatic N) is 1. The number of fused-ring (bicyclic) bond motifs is 1. The van der Waals surface area contributed by atoms with Crippen LogP contribution in [0.2, 0.25) is 0 Å². The van der Waals surface area contributed by atoms with Crippen molar-refractivity contribution in [1.29, 1.82) is 0 Å². The zero-order chi connectivity index (χ0) is 15.0. The van der Waals surface area contributed by atoms with Gasteiger partial charge in [0, 0.05) is 22.1 Å². The monoisotopic (exact) mass is 345 g/mol. The number of carbonyl (C=O) groups excluding carboxylic acids is 1. The van der Waals surface area contributed by atoms with Crippen LogP contribution in [0.25, 0.3) is 11.1 Å². The molecule has 21 heavy (non-hydrogen) atoms. The Bertz CT molecular complexity index is 892. The first-order valence-corrected chi connectivity index (χ1v) is 7.33. The van der Waals surface area contributed by atoms with Gasteiger partial charge in [-0.1, -0.05) is 28.1 Å². The molecule has 0 bridgehead atoms. The van der Waals surface area contributed by atoms with Gasteiger partial charge in [0.25, 0.3) is 0 Å². The van der Waals surface area contributed by atoms with Gasteiger partial charge in [-0.2, -0.15) is 0 Å². The molecule has 0 saturated carbocycles. The van der Waals surface area contributed by atoms with Crippen molar-refractivity contribution in [3.8, 4) is 0 Å². The Morgan fingerprint density at radius 2 is 2.00 bits per heavy atom. The molecule has 0 aliphatic heterocycles. The van der Waals surface area contributed by atoms with Crippen LogP contribution in [0.4, 0.5) is 0 Å². The predicted octanol–water partition coefficient (Wildman–Crippen LogP) is 3.61. The van der Waals surface area contributed by atoms with E-state index in [1.807, 2.05) is 25.1 Å². The lowest BCUT2D eigenvalue weighted by Gasteiger charge is -2.04. The Morgan fingerprint density at radius 3 is 2.71 bits per heavy atom. The van der Waals surface area contributed by atoms with Crippen molar-refractivity contribution in [3.63, 3.8) is 0 Å². The third-order valence-corrected chi connectivity index (χ3v) is 4.06. The van der Waals surface area contributed by atoms with E-state index in [-0.39, 0.29) is 5.78 Å². The lowest BCUT2D eigenvalue weighted by atomic mass is 10.0. The van der Waals surface area contributed by atoms with Crippen LogP contribution in [0.3, 0.4) is 0 Å². The fourth-order valence-electron chi connectivity index (χ4n) is 2.31. The number of aromatic nitrogens is 1. The van der Waals surface area contributed by atoms with Crippen LogP contribution in [-0.2, 0) is 6.54 Å². The second-order valence-corrected chi connectivity index (χ2v) is 5.46. The summed E-state index contributed by atoms with van der Waals surface area (Å²) in [5, 5.41) is 0. The summed E-state index contributed by atoms with van der Waals surface area (Å²) in [5.74, 6) is -0.519. The van der Waals surface area contributed by atoms with Crippen LogP contribution >= 0.6 is 15.9 Å². The third kappa shape index (κ3) is 2.34. The molecule has 0 N–H and O–H groups in total. The van der Waals surface area contributed by atoms with Gasteiger partial charge in [-0.25, -0.2) is 4.79 Å². The minimum Gasteiger partial charge on any atom is -0.408 e. The molecule has 3 aromatic rings. The third-order valence-electron chi connectivity index (χ3n) is 3.37. The Kier molecular flexibility index (Phi) is 3.51. The fourth-order valence-corrected chi connectivity index (χ4v) is 2.77. The van der Waals surface area contributed by atoms with Crippen LogP contribution in [0.5, 0.6) is 0 Å². The van der Waals surface area contributed by atoms with E-state index < -0.39 is 5.76 Å². The second-order valence-electron chi connectivity index (χ2n) is 4.60. The van der Waals surface area contributed by atoms with Crippen molar-refractivity contribution in [1.82, 2.24) is 4.57 Å². The number of hydrogen-bond acceptors (Lipinski definition) is 3. The molecule has 0 spiro atoms. The number of ketones is 1. The first-order valence-electron chi connectivity index (χ1n) is 6.54. The Labute approximate surface area is 129 Å². The molecule has 3 rings (SSSR count). The molecular formula is C16H12BrNO3. The molecule has 0 atom stereocenters. The van der Waals surface area contributed by atoms with Crippen LogP contribution in [0.15, 0.2) is 56.1 Å². The smallest absolute Gasteiger partial charge is 0.408 e. The number of carbonyl (C=O) groups is 1. The normalized spacial score (nSPS) is 11.0. The largest absolute Gasteiger partial charge is 0.419 e. The SMILES string of the molecule is CCn1c(=O)oc2cc(C(=O)c3ccccc3Br)ccc21. The predicted molar refractivity (Wildman–Crippen MR) is 83.7 cm³/mol.